The van der Waals surface area contributed by atoms with E-state index in [1.165, 1.54) is 0 Å². The standard InChI is InChI=1S/C14H22N2O3/c17-12-8-14(10-15-12)3-5-16(6-4-14)13(18)11-2-1-7-19-9-11/h11H,1-10H2,(H,15,17). The molecule has 3 aliphatic heterocycles. The smallest absolute Gasteiger partial charge is 0.228 e. The SMILES string of the molecule is O=C1CC2(CCN(C(=O)C3CCCOC3)CC2)CN1. The normalized spacial score (nSPS) is 30.4. The fourth-order valence-corrected chi connectivity index (χ4v) is 3.50. The van der Waals surface area contributed by atoms with E-state index in [0.29, 0.717) is 13.0 Å². The molecule has 1 atom stereocenters. The molecular weight excluding hydrogens is 244 g/mol. The van der Waals surface area contributed by atoms with E-state index in [-0.39, 0.29) is 23.1 Å². The van der Waals surface area contributed by atoms with Gasteiger partial charge in [-0.1, -0.05) is 0 Å². The van der Waals surface area contributed by atoms with Gasteiger partial charge < -0.3 is 15.0 Å². The summed E-state index contributed by atoms with van der Waals surface area (Å²) in [6, 6.07) is 0. The van der Waals surface area contributed by atoms with Crippen molar-refractivity contribution in [2.24, 2.45) is 11.3 Å². The van der Waals surface area contributed by atoms with Gasteiger partial charge in [-0.25, -0.2) is 0 Å². The Morgan fingerprint density at radius 1 is 1.37 bits per heavy atom. The number of ether oxygens (including phenoxy) is 1. The van der Waals surface area contributed by atoms with Gasteiger partial charge in [0, 0.05) is 32.7 Å². The molecule has 0 aromatic carbocycles. The van der Waals surface area contributed by atoms with Crippen LogP contribution >= 0.6 is 0 Å². The highest BCUT2D eigenvalue weighted by atomic mass is 16.5. The second-order valence-electron chi connectivity index (χ2n) is 6.19. The minimum Gasteiger partial charge on any atom is -0.381 e. The van der Waals surface area contributed by atoms with Crippen LogP contribution in [0.25, 0.3) is 0 Å². The summed E-state index contributed by atoms with van der Waals surface area (Å²) in [5.74, 6) is 0.485. The molecule has 0 aliphatic carbocycles. The van der Waals surface area contributed by atoms with Crippen molar-refractivity contribution in [1.29, 1.82) is 0 Å². The molecule has 0 bridgehead atoms. The maximum atomic E-state index is 12.4. The lowest BCUT2D eigenvalue weighted by molar-refractivity contribution is -0.141. The van der Waals surface area contributed by atoms with Crippen LogP contribution in [0.15, 0.2) is 0 Å². The molecule has 5 nitrogen and oxygen atoms in total. The molecule has 2 amide bonds. The van der Waals surface area contributed by atoms with E-state index in [4.69, 9.17) is 4.74 Å². The van der Waals surface area contributed by atoms with Gasteiger partial charge in [-0.2, -0.15) is 0 Å². The maximum absolute atomic E-state index is 12.4. The molecular formula is C14H22N2O3. The van der Waals surface area contributed by atoms with E-state index < -0.39 is 0 Å². The number of nitrogens with zero attached hydrogens (tertiary/aromatic N) is 1. The first-order valence-corrected chi connectivity index (χ1v) is 7.32. The van der Waals surface area contributed by atoms with Gasteiger partial charge in [0.25, 0.3) is 0 Å². The Labute approximate surface area is 113 Å². The van der Waals surface area contributed by atoms with Crippen LogP contribution in [0.3, 0.4) is 0 Å². The van der Waals surface area contributed by atoms with Crippen molar-refractivity contribution in [3.63, 3.8) is 0 Å². The zero-order valence-electron chi connectivity index (χ0n) is 11.3. The first kappa shape index (κ1) is 12.9. The Hall–Kier alpha value is -1.10. The fourth-order valence-electron chi connectivity index (χ4n) is 3.50. The maximum Gasteiger partial charge on any atom is 0.228 e. The third-order valence-electron chi connectivity index (χ3n) is 4.84. The molecule has 3 heterocycles. The van der Waals surface area contributed by atoms with Crippen LogP contribution in [0.2, 0.25) is 0 Å². The van der Waals surface area contributed by atoms with E-state index in [2.05, 4.69) is 5.32 Å². The van der Waals surface area contributed by atoms with Crippen molar-refractivity contribution >= 4 is 11.8 Å². The number of hydrogen-bond acceptors (Lipinski definition) is 3. The zero-order chi connectivity index (χ0) is 13.3. The van der Waals surface area contributed by atoms with E-state index in [9.17, 15) is 9.59 Å². The van der Waals surface area contributed by atoms with Crippen molar-refractivity contribution in [1.82, 2.24) is 10.2 Å². The average molecular weight is 266 g/mol. The summed E-state index contributed by atoms with van der Waals surface area (Å²) in [5.41, 5.74) is 0.122. The number of piperidine rings is 1. The van der Waals surface area contributed by atoms with Crippen molar-refractivity contribution in [2.45, 2.75) is 32.1 Å². The van der Waals surface area contributed by atoms with Gasteiger partial charge in [-0.3, -0.25) is 9.59 Å². The lowest BCUT2D eigenvalue weighted by atomic mass is 9.77. The van der Waals surface area contributed by atoms with Crippen molar-refractivity contribution < 1.29 is 14.3 Å². The minimum absolute atomic E-state index is 0.0612. The molecule has 3 aliphatic rings. The van der Waals surface area contributed by atoms with Crippen LogP contribution in [0.1, 0.15) is 32.1 Å². The molecule has 1 spiro atoms. The molecule has 3 saturated heterocycles. The summed E-state index contributed by atoms with van der Waals surface area (Å²) in [4.78, 5) is 25.7. The quantitative estimate of drug-likeness (QED) is 0.753. The van der Waals surface area contributed by atoms with Crippen LogP contribution in [0.5, 0.6) is 0 Å². The zero-order valence-corrected chi connectivity index (χ0v) is 11.3. The molecule has 106 valence electrons. The number of rotatable bonds is 1. The van der Waals surface area contributed by atoms with E-state index in [0.717, 1.165) is 51.9 Å². The monoisotopic (exact) mass is 266 g/mol. The van der Waals surface area contributed by atoms with Crippen LogP contribution in [-0.2, 0) is 14.3 Å². The summed E-state index contributed by atoms with van der Waals surface area (Å²) >= 11 is 0. The number of carbonyl (C=O) groups is 2. The largest absolute Gasteiger partial charge is 0.381 e. The highest BCUT2D eigenvalue weighted by molar-refractivity contribution is 5.80. The predicted octanol–water partition coefficient (Wildman–Crippen LogP) is 0.542. The van der Waals surface area contributed by atoms with E-state index in [1.54, 1.807) is 0 Å². The number of likely N-dealkylation sites (tertiary alicyclic amines) is 1. The van der Waals surface area contributed by atoms with Gasteiger partial charge in [0.15, 0.2) is 0 Å². The van der Waals surface area contributed by atoms with E-state index in [1.807, 2.05) is 4.90 Å². The summed E-state index contributed by atoms with van der Waals surface area (Å²) in [6.07, 6.45) is 4.49. The second kappa shape index (κ2) is 5.12. The Morgan fingerprint density at radius 3 is 2.74 bits per heavy atom. The van der Waals surface area contributed by atoms with Gasteiger partial charge >= 0.3 is 0 Å². The average Bonchev–Trinajstić information content (AvgIpc) is 2.81. The number of hydrogen-bond donors (Lipinski definition) is 1. The minimum atomic E-state index is 0.0612. The first-order chi connectivity index (χ1) is 9.19. The molecule has 19 heavy (non-hydrogen) atoms. The molecule has 0 aromatic heterocycles. The van der Waals surface area contributed by atoms with Gasteiger partial charge in [0.1, 0.15) is 0 Å². The highest BCUT2D eigenvalue weighted by Crippen LogP contribution is 2.37. The second-order valence-corrected chi connectivity index (χ2v) is 6.19. The van der Waals surface area contributed by atoms with Gasteiger partial charge in [-0.05, 0) is 31.1 Å². The number of nitrogens with one attached hydrogen (secondary N) is 1. The molecule has 0 aromatic rings. The van der Waals surface area contributed by atoms with Crippen LogP contribution in [0, 0.1) is 11.3 Å². The molecule has 5 heteroatoms. The number of amides is 2. The Kier molecular flexibility index (Phi) is 3.48. The van der Waals surface area contributed by atoms with Crippen molar-refractivity contribution in [2.75, 3.05) is 32.8 Å². The summed E-state index contributed by atoms with van der Waals surface area (Å²) in [5, 5.41) is 2.93. The van der Waals surface area contributed by atoms with Crippen LogP contribution in [0.4, 0.5) is 0 Å². The Bertz CT molecular complexity index is 369. The Morgan fingerprint density at radius 2 is 2.16 bits per heavy atom. The van der Waals surface area contributed by atoms with E-state index >= 15 is 0 Å². The lowest BCUT2D eigenvalue weighted by Gasteiger charge is -2.39. The molecule has 0 saturated carbocycles. The summed E-state index contributed by atoms with van der Waals surface area (Å²) in [6.45, 7) is 3.76. The van der Waals surface area contributed by atoms with Crippen LogP contribution in [-0.4, -0.2) is 49.6 Å². The highest BCUT2D eigenvalue weighted by Gasteiger charge is 2.42. The lowest BCUT2D eigenvalue weighted by Crippen LogP contribution is -2.47. The Balaban J connectivity index is 1.54. The summed E-state index contributed by atoms with van der Waals surface area (Å²) < 4.78 is 5.40. The summed E-state index contributed by atoms with van der Waals surface area (Å²) in [7, 11) is 0. The van der Waals surface area contributed by atoms with Crippen LogP contribution < -0.4 is 5.32 Å². The van der Waals surface area contributed by atoms with Gasteiger partial charge in [-0.15, -0.1) is 0 Å². The predicted molar refractivity (Wildman–Crippen MR) is 69.4 cm³/mol. The molecule has 1 N–H and O–H groups in total. The molecule has 3 fully saturated rings. The number of carbonyl (C=O) groups excluding carboxylic acids is 2. The van der Waals surface area contributed by atoms with Crippen molar-refractivity contribution in [3.8, 4) is 0 Å². The first-order valence-electron chi connectivity index (χ1n) is 7.32. The fraction of sp³-hybridized carbons (Fsp3) is 0.857. The third-order valence-corrected chi connectivity index (χ3v) is 4.84. The van der Waals surface area contributed by atoms with Gasteiger partial charge in [0.05, 0.1) is 12.5 Å². The third kappa shape index (κ3) is 2.61. The van der Waals surface area contributed by atoms with Gasteiger partial charge in [0.2, 0.25) is 11.8 Å². The van der Waals surface area contributed by atoms with Crippen molar-refractivity contribution in [3.05, 3.63) is 0 Å². The molecule has 0 radical (unpaired) electrons. The molecule has 1 unspecified atom stereocenters. The topological polar surface area (TPSA) is 58.6 Å². The molecule has 3 rings (SSSR count).